The summed E-state index contributed by atoms with van der Waals surface area (Å²) in [5.41, 5.74) is 0. The topological polar surface area (TPSA) is 0 Å². The van der Waals surface area contributed by atoms with Crippen molar-refractivity contribution in [2.45, 2.75) is 0 Å². The molecule has 5 heteroatoms. The molecule has 0 unspecified atom stereocenters. The van der Waals surface area contributed by atoms with Crippen LogP contribution in [0.5, 0.6) is 0 Å². The number of hydrogen-bond acceptors (Lipinski definition) is 0. The predicted octanol–water partition coefficient (Wildman–Crippen LogP) is -5.65. The van der Waals surface area contributed by atoms with Gasteiger partial charge in [0.15, 0.2) is 0 Å². The molecule has 0 rings (SSSR count). The molecule has 0 bridgehead atoms. The van der Waals surface area contributed by atoms with Gasteiger partial charge in [-0.25, -0.2) is 0 Å². The van der Waals surface area contributed by atoms with Crippen molar-refractivity contribution in [3.05, 3.63) is 0 Å². The Balaban J connectivity index is 0. The molecule has 0 aliphatic carbocycles. The first kappa shape index (κ1) is 45.0. The number of rotatable bonds is 0. The Morgan fingerprint density at radius 2 is 1.00 bits per heavy atom. The van der Waals surface area contributed by atoms with Crippen molar-refractivity contribution in [2.24, 2.45) is 0 Å². The first-order valence-electron chi connectivity index (χ1n) is 0. The van der Waals surface area contributed by atoms with Gasteiger partial charge in [-0.1, -0.05) is 0 Å². The average molecular weight is 597 g/mol. The monoisotopic (exact) mass is 600 g/mol. The second-order valence-corrected chi connectivity index (χ2v) is 0. The van der Waals surface area contributed by atoms with Crippen molar-refractivity contribution < 1.29 is 0 Å². The Hall–Kier alpha value is 2.88. The molecular formula is H14BBiPbSiTe. The Labute approximate surface area is 94.8 Å². The van der Waals surface area contributed by atoms with Gasteiger partial charge in [-0.15, -0.1) is 0 Å². The quantitative estimate of drug-likeness (QED) is 0.245. The summed E-state index contributed by atoms with van der Waals surface area (Å²) in [6.07, 6.45) is 0. The van der Waals surface area contributed by atoms with Crippen LogP contribution in [0.2, 0.25) is 0 Å². The average Bonchev–Trinajstić information content (AvgIpc) is 0. The van der Waals surface area contributed by atoms with Gasteiger partial charge in [-0.3, -0.25) is 0 Å². The van der Waals surface area contributed by atoms with Crippen LogP contribution >= 0.6 is 0 Å². The van der Waals surface area contributed by atoms with Gasteiger partial charge >= 0.3 is 77.2 Å². The molecule has 5 heavy (non-hydrogen) atoms. The first-order chi connectivity index (χ1) is 0. The summed E-state index contributed by atoms with van der Waals surface area (Å²) in [7, 11) is 0. The van der Waals surface area contributed by atoms with Crippen LogP contribution in [0.1, 0.15) is 0 Å². The van der Waals surface area contributed by atoms with E-state index < -0.39 is 0 Å². The van der Waals surface area contributed by atoms with E-state index in [1.807, 2.05) is 0 Å². The second kappa shape index (κ2) is 28.7. The zero-order valence-electron chi connectivity index (χ0n) is 1.91. The third-order valence-corrected chi connectivity index (χ3v) is 0. The Morgan fingerprint density at radius 1 is 1.00 bits per heavy atom. The van der Waals surface area contributed by atoms with Gasteiger partial charge in [0.2, 0.25) is 0 Å². The van der Waals surface area contributed by atoms with E-state index in [1.165, 1.54) is 0 Å². The number of hydrogen-bond donors (Lipinski definition) is 0. The molecule has 36 valence electrons. The third-order valence-electron chi connectivity index (χ3n) is 0. The summed E-state index contributed by atoms with van der Waals surface area (Å²) in [5.74, 6) is 0. The molecule has 0 fully saturated rings. The van der Waals surface area contributed by atoms with Crippen LogP contribution in [0.15, 0.2) is 0 Å². The van der Waals surface area contributed by atoms with Crippen LogP contribution in [-0.4, -0.2) is 96.5 Å². The van der Waals surface area contributed by atoms with Crippen molar-refractivity contribution in [3.8, 4) is 0 Å². The van der Waals surface area contributed by atoms with Crippen molar-refractivity contribution in [1.82, 2.24) is 0 Å². The van der Waals surface area contributed by atoms with E-state index in [1.54, 1.807) is 0 Å². The molecule has 0 aromatic heterocycles. The molecule has 0 aliphatic heterocycles. The molecule has 0 aromatic rings. The molecule has 0 atom stereocenters. The molecule has 0 spiro atoms. The fourth-order valence-electron chi connectivity index (χ4n) is 0. The van der Waals surface area contributed by atoms with Crippen molar-refractivity contribution in [1.29, 1.82) is 0 Å². The first-order valence-corrected chi connectivity index (χ1v) is 0. The maximum absolute atomic E-state index is 0. The van der Waals surface area contributed by atoms with Crippen LogP contribution < -0.4 is 0 Å². The summed E-state index contributed by atoms with van der Waals surface area (Å²) < 4.78 is 0. The summed E-state index contributed by atoms with van der Waals surface area (Å²) in [6.45, 7) is 0. The zero-order chi connectivity index (χ0) is 0. The van der Waals surface area contributed by atoms with Crippen LogP contribution in [-0.2, 0) is 0 Å². The Morgan fingerprint density at radius 3 is 1.00 bits per heavy atom. The van der Waals surface area contributed by atoms with E-state index in [4.69, 9.17) is 0 Å². The normalized spacial score (nSPS) is 0. The maximum atomic E-state index is 0. The van der Waals surface area contributed by atoms with Gasteiger partial charge in [-0.2, -0.15) is 0 Å². The van der Waals surface area contributed by atoms with Crippen LogP contribution in [0.3, 0.4) is 0 Å². The van der Waals surface area contributed by atoms with Crippen molar-refractivity contribution >= 4 is 96.5 Å². The van der Waals surface area contributed by atoms with Crippen LogP contribution in [0.25, 0.3) is 0 Å². The molecule has 0 N–H and O–H groups in total. The standard InChI is InChI=1S/BH3.Bi.Pb.H4Si.H2Te.5H/h1H3;;;1H4;1H2;;;;;. The van der Waals surface area contributed by atoms with Crippen molar-refractivity contribution in [2.75, 3.05) is 0 Å². The molecule has 0 aromatic carbocycles. The molecule has 2 radical (unpaired) electrons. The van der Waals surface area contributed by atoms with E-state index >= 15 is 0 Å². The molecule has 0 amide bonds. The second-order valence-electron chi connectivity index (χ2n) is 0. The molecule has 0 saturated carbocycles. The van der Waals surface area contributed by atoms with Gasteiger partial charge < -0.3 is 0 Å². The third kappa shape index (κ3) is 19.8. The Bertz CT molecular complexity index is 11.6. The van der Waals surface area contributed by atoms with E-state index in [9.17, 15) is 0 Å². The minimum atomic E-state index is 0. The molecule has 0 aliphatic rings. The summed E-state index contributed by atoms with van der Waals surface area (Å²) in [4.78, 5) is 0. The Kier molecular flexibility index (Phi) is 258. The summed E-state index contributed by atoms with van der Waals surface area (Å²) in [6, 6.07) is 0. The molecular weight excluding hydrogens is 583 g/mol. The summed E-state index contributed by atoms with van der Waals surface area (Å²) >= 11 is 0. The van der Waals surface area contributed by atoms with E-state index in [-0.39, 0.29) is 96.5 Å². The van der Waals surface area contributed by atoms with Crippen LogP contribution in [0.4, 0.5) is 0 Å². The van der Waals surface area contributed by atoms with Crippen LogP contribution in [0, 0.1) is 0 Å². The predicted molar refractivity (Wildman–Crippen MR) is 48.3 cm³/mol. The van der Waals surface area contributed by atoms with E-state index in [0.29, 0.717) is 0 Å². The SMILES string of the molecule is B.[BiH3].[PbH2].[SiH4].[TeH2]. The molecule has 0 saturated heterocycles. The molecule has 0 heterocycles. The van der Waals surface area contributed by atoms with Gasteiger partial charge in [0.05, 0.1) is 8.41 Å². The van der Waals surface area contributed by atoms with E-state index in [0.717, 1.165) is 0 Å². The molecule has 0 nitrogen and oxygen atoms in total. The zero-order valence-corrected chi connectivity index (χ0v) is 15.8. The van der Waals surface area contributed by atoms with Gasteiger partial charge in [-0.05, 0) is 11.0 Å². The fourth-order valence-corrected chi connectivity index (χ4v) is 0. The summed E-state index contributed by atoms with van der Waals surface area (Å²) in [5, 5.41) is 0. The van der Waals surface area contributed by atoms with E-state index in [2.05, 4.69) is 0 Å². The van der Waals surface area contributed by atoms with Gasteiger partial charge in [0.25, 0.3) is 0 Å². The van der Waals surface area contributed by atoms with Gasteiger partial charge in [0, 0.05) is 0 Å². The minimum absolute atomic E-state index is 0. The van der Waals surface area contributed by atoms with Crippen molar-refractivity contribution in [3.63, 3.8) is 0 Å². The van der Waals surface area contributed by atoms with Gasteiger partial charge in [0.1, 0.15) is 0 Å². The fraction of sp³-hybridized carbons (Fsp3) is 0.